The minimum atomic E-state index is -0.855. The van der Waals surface area contributed by atoms with Gasteiger partial charge in [-0.1, -0.05) is 55.8 Å². The molecule has 0 heterocycles. The predicted octanol–water partition coefficient (Wildman–Crippen LogP) is 1.84. The number of benzene rings is 2. The second-order valence-corrected chi connectivity index (χ2v) is 8.33. The van der Waals surface area contributed by atoms with Gasteiger partial charge in [0.2, 0.25) is 5.91 Å². The molecule has 0 aliphatic heterocycles. The zero-order valence-corrected chi connectivity index (χ0v) is 21.8. The Balaban J connectivity index is 1.57. The van der Waals surface area contributed by atoms with Crippen molar-refractivity contribution in [2.45, 2.75) is 38.8 Å². The lowest BCUT2D eigenvalue weighted by Gasteiger charge is -2.17. The van der Waals surface area contributed by atoms with Crippen molar-refractivity contribution in [3.63, 3.8) is 0 Å². The molecule has 0 unspecified atom stereocenters. The average Bonchev–Trinajstić information content (AvgIpc) is 2.94. The number of carbonyl (C=O) groups excluding carboxylic acids is 3. The zero-order valence-electron chi connectivity index (χ0n) is 21.8. The molecule has 2 rings (SSSR count). The van der Waals surface area contributed by atoms with Crippen molar-refractivity contribution in [3.05, 3.63) is 65.7 Å². The number of carbonyl (C=O) groups is 3. The predicted molar refractivity (Wildman–Crippen MR) is 141 cm³/mol. The molecule has 11 heteroatoms. The summed E-state index contributed by atoms with van der Waals surface area (Å²) in [6, 6.07) is 15.9. The Labute approximate surface area is 223 Å². The topological polar surface area (TPSA) is 150 Å². The van der Waals surface area contributed by atoms with Crippen LogP contribution in [0.5, 0.6) is 5.75 Å². The van der Waals surface area contributed by atoms with Crippen molar-refractivity contribution in [3.8, 4) is 5.75 Å². The third kappa shape index (κ3) is 13.0. The monoisotopic (exact) mass is 530 g/mol. The smallest absolute Gasteiger partial charge is 0.407 e. The molecule has 0 saturated heterocycles. The summed E-state index contributed by atoms with van der Waals surface area (Å²) in [6.07, 6.45) is 1.76. The Morgan fingerprint density at radius 1 is 0.895 bits per heavy atom. The SMILES string of the molecule is CCCCOc1ccc(C[C@H](NC(=O)COCCOCCNC(=O)OCc2ccccc2)C(=O)NN)cc1. The quantitative estimate of drug-likeness (QED) is 0.0987. The standard InChI is InChI=1S/C27H38N4O7/c1-2-3-14-37-23-11-9-21(10-12-23)18-24(26(33)31-28)30-25(32)20-36-17-16-35-15-13-29-27(34)38-19-22-7-5-4-6-8-22/h4-12,24H,2-3,13-20,28H2,1H3,(H,29,34)(H,30,32)(H,31,33)/t24-/m0/s1. The van der Waals surface area contributed by atoms with Crippen molar-refractivity contribution >= 4 is 17.9 Å². The number of amides is 3. The van der Waals surface area contributed by atoms with Gasteiger partial charge in [0, 0.05) is 13.0 Å². The molecule has 2 aromatic rings. The summed E-state index contributed by atoms with van der Waals surface area (Å²) in [7, 11) is 0. The summed E-state index contributed by atoms with van der Waals surface area (Å²) in [5.74, 6) is 5.06. The van der Waals surface area contributed by atoms with E-state index < -0.39 is 23.9 Å². The first-order valence-electron chi connectivity index (χ1n) is 12.6. The van der Waals surface area contributed by atoms with E-state index >= 15 is 0 Å². The van der Waals surface area contributed by atoms with Crippen LogP contribution in [0.3, 0.4) is 0 Å². The first-order valence-corrected chi connectivity index (χ1v) is 12.6. The van der Waals surface area contributed by atoms with Crippen LogP contribution in [0.25, 0.3) is 0 Å². The highest BCUT2D eigenvalue weighted by atomic mass is 16.6. The fraction of sp³-hybridized carbons (Fsp3) is 0.444. The van der Waals surface area contributed by atoms with Crippen molar-refractivity contribution in [2.24, 2.45) is 5.84 Å². The highest BCUT2D eigenvalue weighted by Crippen LogP contribution is 2.14. The molecular formula is C27H38N4O7. The van der Waals surface area contributed by atoms with Crippen LogP contribution < -0.4 is 26.6 Å². The van der Waals surface area contributed by atoms with E-state index in [1.54, 1.807) is 0 Å². The second kappa shape index (κ2) is 18.6. The van der Waals surface area contributed by atoms with Crippen LogP contribution in [0.15, 0.2) is 54.6 Å². The van der Waals surface area contributed by atoms with E-state index in [-0.39, 0.29) is 46.0 Å². The highest BCUT2D eigenvalue weighted by molar-refractivity contribution is 5.87. The van der Waals surface area contributed by atoms with Crippen LogP contribution in [0, 0.1) is 0 Å². The summed E-state index contributed by atoms with van der Waals surface area (Å²) in [5.41, 5.74) is 3.82. The number of rotatable bonds is 18. The van der Waals surface area contributed by atoms with Gasteiger partial charge >= 0.3 is 6.09 Å². The number of hydrogen-bond donors (Lipinski definition) is 4. The number of ether oxygens (including phenoxy) is 4. The fourth-order valence-electron chi connectivity index (χ4n) is 3.22. The lowest BCUT2D eigenvalue weighted by molar-refractivity contribution is -0.131. The average molecular weight is 531 g/mol. The minimum absolute atomic E-state index is 0.166. The van der Waals surface area contributed by atoms with Crippen molar-refractivity contribution in [2.75, 3.05) is 39.6 Å². The van der Waals surface area contributed by atoms with E-state index in [0.29, 0.717) is 6.61 Å². The van der Waals surface area contributed by atoms with E-state index in [2.05, 4.69) is 23.0 Å². The van der Waals surface area contributed by atoms with E-state index in [4.69, 9.17) is 24.8 Å². The number of hydrogen-bond acceptors (Lipinski definition) is 8. The third-order valence-corrected chi connectivity index (χ3v) is 5.26. The summed E-state index contributed by atoms with van der Waals surface area (Å²) in [5, 5.41) is 5.22. The van der Waals surface area contributed by atoms with Crippen LogP contribution in [0.2, 0.25) is 0 Å². The Morgan fingerprint density at radius 2 is 1.63 bits per heavy atom. The molecular weight excluding hydrogens is 492 g/mol. The molecule has 0 radical (unpaired) electrons. The molecule has 208 valence electrons. The Kier molecular flexibility index (Phi) is 14.9. The fourth-order valence-corrected chi connectivity index (χ4v) is 3.22. The summed E-state index contributed by atoms with van der Waals surface area (Å²) in [6.45, 7) is 3.62. The van der Waals surface area contributed by atoms with Gasteiger partial charge in [0.25, 0.3) is 5.91 Å². The van der Waals surface area contributed by atoms with Crippen LogP contribution in [-0.4, -0.2) is 63.5 Å². The molecule has 38 heavy (non-hydrogen) atoms. The van der Waals surface area contributed by atoms with Crippen molar-refractivity contribution in [1.82, 2.24) is 16.1 Å². The van der Waals surface area contributed by atoms with Gasteiger partial charge in [0.1, 0.15) is 25.0 Å². The Morgan fingerprint density at radius 3 is 2.34 bits per heavy atom. The number of alkyl carbamates (subject to hydrolysis) is 1. The van der Waals surface area contributed by atoms with Gasteiger partial charge in [-0.05, 0) is 29.7 Å². The normalized spacial score (nSPS) is 11.3. The molecule has 0 aliphatic rings. The number of nitrogens with one attached hydrogen (secondary N) is 3. The molecule has 0 spiro atoms. The first kappa shape index (κ1) is 30.6. The van der Waals surface area contributed by atoms with E-state index in [0.717, 1.165) is 29.7 Å². The van der Waals surface area contributed by atoms with E-state index in [1.807, 2.05) is 54.6 Å². The van der Waals surface area contributed by atoms with Crippen molar-refractivity contribution < 1.29 is 33.3 Å². The van der Waals surface area contributed by atoms with E-state index in [1.165, 1.54) is 0 Å². The lowest BCUT2D eigenvalue weighted by atomic mass is 10.1. The van der Waals surface area contributed by atoms with Crippen molar-refractivity contribution in [1.29, 1.82) is 0 Å². The van der Waals surface area contributed by atoms with Crippen LogP contribution in [0.4, 0.5) is 4.79 Å². The molecule has 1 atom stereocenters. The maximum atomic E-state index is 12.3. The molecule has 11 nitrogen and oxygen atoms in total. The summed E-state index contributed by atoms with van der Waals surface area (Å²) < 4.78 is 21.4. The number of hydrazine groups is 1. The maximum Gasteiger partial charge on any atom is 0.407 e. The molecule has 2 aromatic carbocycles. The van der Waals surface area contributed by atoms with Crippen LogP contribution in [-0.2, 0) is 36.8 Å². The first-order chi connectivity index (χ1) is 18.5. The molecule has 0 saturated carbocycles. The van der Waals surface area contributed by atoms with Gasteiger partial charge in [0.05, 0.1) is 26.4 Å². The Hall–Kier alpha value is -3.67. The lowest BCUT2D eigenvalue weighted by Crippen LogP contribution is -2.50. The molecule has 0 aromatic heterocycles. The van der Waals surface area contributed by atoms with Gasteiger partial charge < -0.3 is 29.6 Å². The van der Waals surface area contributed by atoms with Gasteiger partial charge in [-0.2, -0.15) is 0 Å². The van der Waals surface area contributed by atoms with Crippen LogP contribution >= 0.6 is 0 Å². The molecule has 0 bridgehead atoms. The Bertz CT molecular complexity index is 958. The maximum absolute atomic E-state index is 12.3. The minimum Gasteiger partial charge on any atom is -0.494 e. The second-order valence-electron chi connectivity index (χ2n) is 8.33. The summed E-state index contributed by atoms with van der Waals surface area (Å²) >= 11 is 0. The molecule has 0 aliphatic carbocycles. The number of nitrogens with two attached hydrogens (primary N) is 1. The van der Waals surface area contributed by atoms with Gasteiger partial charge in [-0.15, -0.1) is 0 Å². The zero-order chi connectivity index (χ0) is 27.4. The molecule has 0 fully saturated rings. The third-order valence-electron chi connectivity index (χ3n) is 5.26. The summed E-state index contributed by atoms with van der Waals surface area (Å²) in [4.78, 5) is 36.1. The highest BCUT2D eigenvalue weighted by Gasteiger charge is 2.20. The van der Waals surface area contributed by atoms with Gasteiger partial charge in [-0.3, -0.25) is 15.0 Å². The molecule has 3 amide bonds. The largest absolute Gasteiger partial charge is 0.494 e. The molecule has 5 N–H and O–H groups in total. The van der Waals surface area contributed by atoms with Crippen LogP contribution in [0.1, 0.15) is 30.9 Å². The van der Waals surface area contributed by atoms with Gasteiger partial charge in [-0.25, -0.2) is 10.6 Å². The van der Waals surface area contributed by atoms with Gasteiger partial charge in [0.15, 0.2) is 0 Å². The van der Waals surface area contributed by atoms with E-state index in [9.17, 15) is 14.4 Å². The number of unbranched alkanes of at least 4 members (excludes halogenated alkanes) is 1.